The highest BCUT2D eigenvalue weighted by Crippen LogP contribution is 2.57. The molecule has 1 atom stereocenters. The summed E-state index contributed by atoms with van der Waals surface area (Å²) in [6, 6.07) is 8.57. The Kier molecular flexibility index (Phi) is 3.02. The van der Waals surface area contributed by atoms with Crippen LogP contribution in [0, 0.1) is 0 Å². The van der Waals surface area contributed by atoms with Gasteiger partial charge in [0.05, 0.1) is 0 Å². The second kappa shape index (κ2) is 4.54. The largest absolute Gasteiger partial charge is 0.440 e. The maximum Gasteiger partial charge on any atom is 0.411 e. The third kappa shape index (κ3) is 1.98. The Balaban J connectivity index is 1.93. The minimum absolute atomic E-state index is 0.0898. The SMILES string of the molecule is CC1(C)CC2(CC(C)(C)N1)OC(=O)N1CCc3ccccc3[C@@]12C. The van der Waals surface area contributed by atoms with Gasteiger partial charge in [0.25, 0.3) is 0 Å². The summed E-state index contributed by atoms with van der Waals surface area (Å²) in [6.45, 7) is 11.8. The van der Waals surface area contributed by atoms with E-state index in [-0.39, 0.29) is 17.2 Å². The molecule has 0 saturated carbocycles. The quantitative estimate of drug-likeness (QED) is 0.791. The molecule has 0 aliphatic carbocycles. The summed E-state index contributed by atoms with van der Waals surface area (Å²) in [6.07, 6.45) is 2.38. The maximum absolute atomic E-state index is 12.8. The minimum atomic E-state index is -0.501. The van der Waals surface area contributed by atoms with Crippen molar-refractivity contribution >= 4 is 6.09 Å². The summed E-state index contributed by atoms with van der Waals surface area (Å²) in [5.74, 6) is 0. The lowest BCUT2D eigenvalue weighted by molar-refractivity contribution is -0.0906. The first-order valence-electron chi connectivity index (χ1n) is 8.97. The number of nitrogens with zero attached hydrogens (tertiary/aromatic N) is 1. The van der Waals surface area contributed by atoms with Gasteiger partial charge in [0.2, 0.25) is 0 Å². The van der Waals surface area contributed by atoms with Gasteiger partial charge in [0, 0.05) is 30.5 Å². The van der Waals surface area contributed by atoms with Crippen molar-refractivity contribution in [1.29, 1.82) is 0 Å². The van der Waals surface area contributed by atoms with Crippen LogP contribution in [0.4, 0.5) is 4.79 Å². The van der Waals surface area contributed by atoms with Crippen molar-refractivity contribution in [3.05, 3.63) is 35.4 Å². The standard InChI is InChI=1S/C20H28N2O2/c1-17(2)12-20(13-18(3,4)21-17)19(5)15-9-7-6-8-14(15)10-11-22(19)16(23)24-20/h6-9,21H,10-13H2,1-5H3/t19-/m1/s1. The van der Waals surface area contributed by atoms with Crippen LogP contribution < -0.4 is 5.32 Å². The summed E-state index contributed by atoms with van der Waals surface area (Å²) >= 11 is 0. The molecule has 4 rings (SSSR count). The molecule has 0 bridgehead atoms. The fourth-order valence-electron chi connectivity index (χ4n) is 5.81. The average Bonchev–Trinajstić information content (AvgIpc) is 2.63. The molecular formula is C20H28N2O2. The molecule has 1 aromatic rings. The van der Waals surface area contributed by atoms with Crippen molar-refractivity contribution in [2.45, 2.75) is 76.1 Å². The molecule has 24 heavy (non-hydrogen) atoms. The summed E-state index contributed by atoms with van der Waals surface area (Å²) in [7, 11) is 0. The second-order valence-corrected chi connectivity index (χ2v) is 9.24. The number of carbonyl (C=O) groups is 1. The molecule has 1 spiro atoms. The van der Waals surface area contributed by atoms with Gasteiger partial charge in [-0.2, -0.15) is 0 Å². The molecule has 3 aliphatic rings. The van der Waals surface area contributed by atoms with Crippen molar-refractivity contribution in [1.82, 2.24) is 10.2 Å². The molecule has 4 nitrogen and oxygen atoms in total. The summed E-state index contributed by atoms with van der Waals surface area (Å²) < 4.78 is 6.21. The number of hydrogen-bond donors (Lipinski definition) is 1. The molecule has 1 amide bonds. The number of ether oxygens (including phenoxy) is 1. The molecule has 2 saturated heterocycles. The van der Waals surface area contributed by atoms with Gasteiger partial charge in [0.1, 0.15) is 11.1 Å². The number of benzene rings is 1. The van der Waals surface area contributed by atoms with Gasteiger partial charge in [-0.25, -0.2) is 4.79 Å². The van der Waals surface area contributed by atoms with Crippen LogP contribution in [0.25, 0.3) is 0 Å². The highest BCUT2D eigenvalue weighted by Gasteiger charge is 2.68. The number of hydrogen-bond acceptors (Lipinski definition) is 3. The van der Waals surface area contributed by atoms with Gasteiger partial charge in [-0.3, -0.25) is 4.90 Å². The Morgan fingerprint density at radius 2 is 1.67 bits per heavy atom. The topological polar surface area (TPSA) is 41.6 Å². The molecule has 1 aromatic carbocycles. The number of fused-ring (bicyclic) bond motifs is 4. The highest BCUT2D eigenvalue weighted by molar-refractivity contribution is 5.75. The molecule has 0 unspecified atom stereocenters. The van der Waals surface area contributed by atoms with Crippen LogP contribution in [-0.2, 0) is 16.7 Å². The molecule has 0 radical (unpaired) electrons. The Morgan fingerprint density at radius 3 is 2.33 bits per heavy atom. The summed E-state index contributed by atoms with van der Waals surface area (Å²) in [5.41, 5.74) is 1.52. The van der Waals surface area contributed by atoms with Crippen molar-refractivity contribution in [3.8, 4) is 0 Å². The van der Waals surface area contributed by atoms with Crippen LogP contribution in [0.5, 0.6) is 0 Å². The predicted molar refractivity (Wildman–Crippen MR) is 93.9 cm³/mol. The van der Waals surface area contributed by atoms with E-state index in [4.69, 9.17) is 4.74 Å². The third-order valence-corrected chi connectivity index (χ3v) is 6.21. The maximum atomic E-state index is 12.8. The van der Waals surface area contributed by atoms with Crippen LogP contribution >= 0.6 is 0 Å². The fraction of sp³-hybridized carbons (Fsp3) is 0.650. The van der Waals surface area contributed by atoms with Crippen molar-refractivity contribution in [2.24, 2.45) is 0 Å². The summed E-state index contributed by atoms with van der Waals surface area (Å²) in [4.78, 5) is 14.8. The lowest BCUT2D eigenvalue weighted by Crippen LogP contribution is -2.69. The second-order valence-electron chi connectivity index (χ2n) is 9.24. The van der Waals surface area contributed by atoms with Crippen LogP contribution in [0.2, 0.25) is 0 Å². The van der Waals surface area contributed by atoms with Gasteiger partial charge >= 0.3 is 6.09 Å². The minimum Gasteiger partial charge on any atom is -0.440 e. The van der Waals surface area contributed by atoms with Crippen LogP contribution in [0.3, 0.4) is 0 Å². The van der Waals surface area contributed by atoms with Crippen molar-refractivity contribution in [2.75, 3.05) is 6.54 Å². The number of amides is 1. The van der Waals surface area contributed by atoms with Crippen LogP contribution in [0.15, 0.2) is 24.3 Å². The Hall–Kier alpha value is -1.55. The molecule has 130 valence electrons. The highest BCUT2D eigenvalue weighted by atomic mass is 16.6. The zero-order chi connectivity index (χ0) is 17.4. The smallest absolute Gasteiger partial charge is 0.411 e. The predicted octanol–water partition coefficient (Wildman–Crippen LogP) is 3.59. The van der Waals surface area contributed by atoms with E-state index in [2.05, 4.69) is 64.2 Å². The van der Waals surface area contributed by atoms with E-state index in [0.717, 1.165) is 25.8 Å². The van der Waals surface area contributed by atoms with Gasteiger partial charge in [-0.15, -0.1) is 0 Å². The number of carbonyl (C=O) groups excluding carboxylic acids is 1. The van der Waals surface area contributed by atoms with Crippen LogP contribution in [0.1, 0.15) is 58.6 Å². The van der Waals surface area contributed by atoms with E-state index in [9.17, 15) is 4.79 Å². The molecule has 4 heteroatoms. The van der Waals surface area contributed by atoms with Gasteiger partial charge in [-0.1, -0.05) is 24.3 Å². The number of piperidine rings is 1. The Bertz CT molecular complexity index is 693. The van der Waals surface area contributed by atoms with Crippen molar-refractivity contribution < 1.29 is 9.53 Å². The molecule has 0 aromatic heterocycles. The van der Waals surface area contributed by atoms with E-state index in [1.54, 1.807) is 0 Å². The Morgan fingerprint density at radius 1 is 1.04 bits per heavy atom. The van der Waals surface area contributed by atoms with E-state index in [1.165, 1.54) is 11.1 Å². The molecule has 3 heterocycles. The fourth-order valence-corrected chi connectivity index (χ4v) is 5.81. The lowest BCUT2D eigenvalue weighted by Gasteiger charge is -2.57. The first-order chi connectivity index (χ1) is 11.1. The van der Waals surface area contributed by atoms with Crippen LogP contribution in [-0.4, -0.2) is 34.2 Å². The van der Waals surface area contributed by atoms with E-state index >= 15 is 0 Å². The van der Waals surface area contributed by atoms with E-state index in [1.807, 2.05) is 4.90 Å². The average molecular weight is 328 g/mol. The molecule has 3 aliphatic heterocycles. The van der Waals surface area contributed by atoms with Gasteiger partial charge in [-0.05, 0) is 52.2 Å². The third-order valence-electron chi connectivity index (χ3n) is 6.21. The lowest BCUT2D eigenvalue weighted by atomic mass is 9.61. The zero-order valence-corrected chi connectivity index (χ0v) is 15.4. The normalized spacial score (nSPS) is 32.2. The summed E-state index contributed by atoms with van der Waals surface area (Å²) in [5, 5.41) is 3.72. The van der Waals surface area contributed by atoms with Crippen molar-refractivity contribution in [3.63, 3.8) is 0 Å². The molecular weight excluding hydrogens is 300 g/mol. The molecule has 1 N–H and O–H groups in total. The monoisotopic (exact) mass is 328 g/mol. The first kappa shape index (κ1) is 15.9. The Labute approximate surface area is 144 Å². The van der Waals surface area contributed by atoms with Gasteiger partial charge in [0.15, 0.2) is 0 Å². The number of nitrogens with one attached hydrogen (secondary N) is 1. The van der Waals surface area contributed by atoms with E-state index in [0.29, 0.717) is 0 Å². The zero-order valence-electron chi connectivity index (χ0n) is 15.4. The van der Waals surface area contributed by atoms with E-state index < -0.39 is 11.1 Å². The van der Waals surface area contributed by atoms with Gasteiger partial charge < -0.3 is 10.1 Å². The number of rotatable bonds is 0. The first-order valence-corrected chi connectivity index (χ1v) is 8.97. The molecule has 2 fully saturated rings.